The molecule has 2 rings (SSSR count). The van der Waals surface area contributed by atoms with Gasteiger partial charge >= 0.3 is 0 Å². The average molecular weight is 202 g/mol. The first kappa shape index (κ1) is 9.97. The van der Waals surface area contributed by atoms with Crippen LogP contribution in [-0.4, -0.2) is 12.9 Å². The lowest BCUT2D eigenvalue weighted by Gasteiger charge is -2.16. The van der Waals surface area contributed by atoms with Gasteiger partial charge in [0.1, 0.15) is 5.76 Å². The molecule has 0 amide bonds. The van der Waals surface area contributed by atoms with E-state index in [2.05, 4.69) is 0 Å². The van der Waals surface area contributed by atoms with Crippen LogP contribution in [0.15, 0.2) is 42.2 Å². The van der Waals surface area contributed by atoms with Gasteiger partial charge in [0.05, 0.1) is 13.0 Å². The third-order valence-corrected chi connectivity index (χ3v) is 2.93. The van der Waals surface area contributed by atoms with Crippen molar-refractivity contribution in [1.82, 2.24) is 0 Å². The molecule has 0 spiro atoms. The maximum atomic E-state index is 11.8. The first-order chi connectivity index (χ1) is 7.24. The molecule has 1 aliphatic carbocycles. The Labute approximate surface area is 89.6 Å². The van der Waals surface area contributed by atoms with Gasteiger partial charge in [-0.3, -0.25) is 4.79 Å². The molecule has 2 atom stereocenters. The minimum Gasteiger partial charge on any atom is -0.501 e. The van der Waals surface area contributed by atoms with Gasteiger partial charge in [-0.25, -0.2) is 0 Å². The van der Waals surface area contributed by atoms with Gasteiger partial charge in [0.15, 0.2) is 5.78 Å². The number of ketones is 1. The van der Waals surface area contributed by atoms with Crippen molar-refractivity contribution in [2.24, 2.45) is 5.92 Å². The number of carbonyl (C=O) groups excluding carboxylic acids is 1. The molecule has 78 valence electrons. The van der Waals surface area contributed by atoms with Crippen LogP contribution < -0.4 is 0 Å². The van der Waals surface area contributed by atoms with Gasteiger partial charge in [0, 0.05) is 12.0 Å². The van der Waals surface area contributed by atoms with E-state index in [0.717, 1.165) is 11.3 Å². The Morgan fingerprint density at radius 2 is 1.87 bits per heavy atom. The summed E-state index contributed by atoms with van der Waals surface area (Å²) < 4.78 is 5.19. The summed E-state index contributed by atoms with van der Waals surface area (Å²) in [5, 5.41) is 0. The van der Waals surface area contributed by atoms with Crippen LogP contribution in [0.5, 0.6) is 0 Å². The summed E-state index contributed by atoms with van der Waals surface area (Å²) in [6, 6.07) is 9.86. The lowest BCUT2D eigenvalue weighted by atomic mass is 9.88. The molecule has 0 unspecified atom stereocenters. The van der Waals surface area contributed by atoms with Crippen molar-refractivity contribution >= 4 is 5.78 Å². The Morgan fingerprint density at radius 1 is 1.20 bits per heavy atom. The molecular formula is C13H14O2. The Bertz CT molecular complexity index is 392. The second kappa shape index (κ2) is 3.89. The van der Waals surface area contributed by atoms with Crippen LogP contribution in [0, 0.1) is 5.92 Å². The van der Waals surface area contributed by atoms with E-state index in [-0.39, 0.29) is 17.6 Å². The van der Waals surface area contributed by atoms with Gasteiger partial charge in [-0.15, -0.1) is 0 Å². The standard InChI is InChI=1S/C13H14O2/c1-9-12(15-2)8-11(14)13(9)10-6-4-3-5-7-10/h3-9,13H,1-2H3/t9-,13-/m0/s1. The molecule has 0 bridgehead atoms. The highest BCUT2D eigenvalue weighted by atomic mass is 16.5. The first-order valence-corrected chi connectivity index (χ1v) is 5.08. The van der Waals surface area contributed by atoms with Gasteiger partial charge < -0.3 is 4.74 Å². The van der Waals surface area contributed by atoms with Crippen LogP contribution in [0.1, 0.15) is 18.4 Å². The van der Waals surface area contributed by atoms with Gasteiger partial charge in [-0.05, 0) is 5.56 Å². The smallest absolute Gasteiger partial charge is 0.167 e. The highest BCUT2D eigenvalue weighted by molar-refractivity contribution is 5.98. The predicted octanol–water partition coefficient (Wildman–Crippen LogP) is 2.52. The molecule has 0 N–H and O–H groups in total. The Morgan fingerprint density at radius 3 is 2.40 bits per heavy atom. The number of methoxy groups -OCH3 is 1. The molecule has 0 heterocycles. The van der Waals surface area contributed by atoms with Crippen LogP contribution >= 0.6 is 0 Å². The molecule has 0 saturated heterocycles. The molecule has 0 radical (unpaired) electrons. The number of carbonyl (C=O) groups is 1. The van der Waals surface area contributed by atoms with E-state index < -0.39 is 0 Å². The molecule has 0 aromatic heterocycles. The fraction of sp³-hybridized carbons (Fsp3) is 0.308. The zero-order valence-electron chi connectivity index (χ0n) is 8.94. The number of ether oxygens (including phenoxy) is 1. The molecular weight excluding hydrogens is 188 g/mol. The third-order valence-electron chi connectivity index (χ3n) is 2.93. The Kier molecular flexibility index (Phi) is 2.58. The third kappa shape index (κ3) is 1.67. The van der Waals surface area contributed by atoms with Crippen molar-refractivity contribution in [2.45, 2.75) is 12.8 Å². The SMILES string of the molecule is COC1=CC(=O)[C@H](c2ccccc2)[C@H]1C. The molecule has 0 saturated carbocycles. The van der Waals surface area contributed by atoms with Gasteiger partial charge in [0.2, 0.25) is 0 Å². The molecule has 1 aromatic rings. The molecule has 15 heavy (non-hydrogen) atoms. The average Bonchev–Trinajstić information content (AvgIpc) is 2.55. The van der Waals surface area contributed by atoms with E-state index >= 15 is 0 Å². The highest BCUT2D eigenvalue weighted by Gasteiger charge is 2.34. The van der Waals surface area contributed by atoms with Gasteiger partial charge in [0.25, 0.3) is 0 Å². The molecule has 0 aliphatic heterocycles. The van der Waals surface area contributed by atoms with Crippen molar-refractivity contribution in [3.8, 4) is 0 Å². The second-order valence-electron chi connectivity index (χ2n) is 3.83. The normalized spacial score (nSPS) is 25.2. The summed E-state index contributed by atoms with van der Waals surface area (Å²) in [4.78, 5) is 11.8. The monoisotopic (exact) mass is 202 g/mol. The van der Waals surface area contributed by atoms with Gasteiger partial charge in [-0.2, -0.15) is 0 Å². The first-order valence-electron chi connectivity index (χ1n) is 5.08. The van der Waals surface area contributed by atoms with Gasteiger partial charge in [-0.1, -0.05) is 37.3 Å². The Balaban J connectivity index is 2.31. The molecule has 0 fully saturated rings. The van der Waals surface area contributed by atoms with E-state index in [1.165, 1.54) is 0 Å². The van der Waals surface area contributed by atoms with Crippen LogP contribution in [0.4, 0.5) is 0 Å². The number of rotatable bonds is 2. The minimum absolute atomic E-state index is 0.0684. The van der Waals surface area contributed by atoms with E-state index in [9.17, 15) is 4.79 Å². The maximum Gasteiger partial charge on any atom is 0.167 e. The number of benzene rings is 1. The van der Waals surface area contributed by atoms with E-state index in [1.807, 2.05) is 37.3 Å². The fourth-order valence-electron chi connectivity index (χ4n) is 2.13. The molecule has 1 aliphatic rings. The Hall–Kier alpha value is -1.57. The zero-order valence-corrected chi connectivity index (χ0v) is 8.94. The zero-order chi connectivity index (χ0) is 10.8. The highest BCUT2D eigenvalue weighted by Crippen LogP contribution is 2.36. The van der Waals surface area contributed by atoms with Crippen LogP contribution in [0.25, 0.3) is 0 Å². The fourth-order valence-corrected chi connectivity index (χ4v) is 2.13. The summed E-state index contributed by atoms with van der Waals surface area (Å²) in [7, 11) is 1.61. The lowest BCUT2D eigenvalue weighted by molar-refractivity contribution is -0.115. The molecule has 2 heteroatoms. The summed E-state index contributed by atoms with van der Waals surface area (Å²) in [6.07, 6.45) is 1.61. The summed E-state index contributed by atoms with van der Waals surface area (Å²) in [5.41, 5.74) is 1.07. The van der Waals surface area contributed by atoms with Crippen molar-refractivity contribution < 1.29 is 9.53 Å². The van der Waals surface area contributed by atoms with Crippen LogP contribution in [0.2, 0.25) is 0 Å². The summed E-state index contributed by atoms with van der Waals surface area (Å²) in [6.45, 7) is 2.03. The molecule has 2 nitrogen and oxygen atoms in total. The van der Waals surface area contributed by atoms with Crippen molar-refractivity contribution in [1.29, 1.82) is 0 Å². The predicted molar refractivity (Wildman–Crippen MR) is 58.4 cm³/mol. The summed E-state index contributed by atoms with van der Waals surface area (Å²) in [5.74, 6) is 1.01. The second-order valence-corrected chi connectivity index (χ2v) is 3.83. The quantitative estimate of drug-likeness (QED) is 0.736. The van der Waals surface area contributed by atoms with Crippen LogP contribution in [0.3, 0.4) is 0 Å². The van der Waals surface area contributed by atoms with Crippen molar-refractivity contribution in [3.63, 3.8) is 0 Å². The maximum absolute atomic E-state index is 11.8. The van der Waals surface area contributed by atoms with E-state index in [0.29, 0.717) is 0 Å². The minimum atomic E-state index is -0.0684. The lowest BCUT2D eigenvalue weighted by Crippen LogP contribution is -2.12. The number of hydrogen-bond acceptors (Lipinski definition) is 2. The largest absolute Gasteiger partial charge is 0.501 e. The van der Waals surface area contributed by atoms with E-state index in [4.69, 9.17) is 4.74 Å². The van der Waals surface area contributed by atoms with Crippen LogP contribution in [-0.2, 0) is 9.53 Å². The number of allylic oxidation sites excluding steroid dienone is 2. The van der Waals surface area contributed by atoms with Crippen molar-refractivity contribution in [3.05, 3.63) is 47.7 Å². The van der Waals surface area contributed by atoms with Crippen molar-refractivity contribution in [2.75, 3.05) is 7.11 Å². The summed E-state index contributed by atoms with van der Waals surface area (Å²) >= 11 is 0. The van der Waals surface area contributed by atoms with E-state index in [1.54, 1.807) is 13.2 Å². The number of hydrogen-bond donors (Lipinski definition) is 0. The molecule has 1 aromatic carbocycles. The topological polar surface area (TPSA) is 26.3 Å².